The number of ether oxygens (including phenoxy) is 3. The number of benzene rings is 2. The van der Waals surface area contributed by atoms with E-state index in [1.54, 1.807) is 0 Å². The van der Waals surface area contributed by atoms with Gasteiger partial charge in [-0.2, -0.15) is 0 Å². The highest BCUT2D eigenvalue weighted by Crippen LogP contribution is 2.44. The molecule has 65 heavy (non-hydrogen) atoms. The fourth-order valence-electron chi connectivity index (χ4n) is 8.74. The molecule has 1 aliphatic carbocycles. The van der Waals surface area contributed by atoms with Crippen LogP contribution in [0.4, 0.5) is 14.4 Å². The zero-order valence-electron chi connectivity index (χ0n) is 40.3. The number of carbonyl (C=O) groups excluding carboxylic acids is 4. The van der Waals surface area contributed by atoms with Gasteiger partial charge in [-0.25, -0.2) is 19.2 Å². The van der Waals surface area contributed by atoms with Crippen molar-refractivity contribution in [1.29, 1.82) is 0 Å². The molecule has 4 amide bonds. The van der Waals surface area contributed by atoms with Gasteiger partial charge in [0.2, 0.25) is 5.91 Å². The Balaban J connectivity index is 1.42. The third-order valence-electron chi connectivity index (χ3n) is 12.6. The number of fused-ring (bicyclic) bond motifs is 3. The van der Waals surface area contributed by atoms with Crippen molar-refractivity contribution >= 4 is 30.2 Å². The van der Waals surface area contributed by atoms with E-state index in [4.69, 9.17) is 14.2 Å². The second kappa shape index (κ2) is 34.9. The molecule has 0 bridgehead atoms. The van der Waals surface area contributed by atoms with Crippen LogP contribution in [0.3, 0.4) is 0 Å². The van der Waals surface area contributed by atoms with Crippen LogP contribution in [0.25, 0.3) is 11.1 Å². The van der Waals surface area contributed by atoms with Crippen molar-refractivity contribution in [2.24, 2.45) is 0 Å². The van der Waals surface area contributed by atoms with Crippen molar-refractivity contribution in [3.63, 3.8) is 0 Å². The van der Waals surface area contributed by atoms with Gasteiger partial charge < -0.3 is 24.6 Å². The van der Waals surface area contributed by atoms with E-state index >= 15 is 0 Å². The molecule has 0 saturated carbocycles. The normalized spacial score (nSPS) is 12.3. The van der Waals surface area contributed by atoms with Crippen LogP contribution in [0, 0.1) is 0 Å². The van der Waals surface area contributed by atoms with E-state index in [0.717, 1.165) is 60.8 Å². The minimum atomic E-state index is -1.52. The highest BCUT2D eigenvalue weighted by Gasteiger charge is 2.34. The summed E-state index contributed by atoms with van der Waals surface area (Å²) in [6.07, 6.45) is 28.8. The van der Waals surface area contributed by atoms with Gasteiger partial charge in [0, 0.05) is 12.3 Å². The van der Waals surface area contributed by atoms with Crippen LogP contribution in [0.2, 0.25) is 0 Å². The lowest BCUT2D eigenvalue weighted by molar-refractivity contribution is -0.139. The summed E-state index contributed by atoms with van der Waals surface area (Å²) in [5.74, 6) is -2.58. The Morgan fingerprint density at radius 3 is 1.25 bits per heavy atom. The molecule has 11 heteroatoms. The Labute approximate surface area is 391 Å². The highest BCUT2D eigenvalue weighted by molar-refractivity contribution is 6.06. The summed E-state index contributed by atoms with van der Waals surface area (Å²) in [5.41, 5.74) is 4.13. The number of rotatable bonds is 37. The second-order valence-corrected chi connectivity index (χ2v) is 18.0. The van der Waals surface area contributed by atoms with E-state index in [0.29, 0.717) is 17.7 Å². The van der Waals surface area contributed by atoms with Gasteiger partial charge in [-0.3, -0.25) is 4.79 Å². The number of carboxylic acid groups (broad SMARTS) is 1. The summed E-state index contributed by atoms with van der Waals surface area (Å²) in [4.78, 5) is 65.5. The number of hydrogen-bond donors (Lipinski definition) is 2. The molecule has 1 aliphatic rings. The van der Waals surface area contributed by atoms with Crippen LogP contribution >= 0.6 is 0 Å². The Morgan fingerprint density at radius 2 is 0.877 bits per heavy atom. The minimum absolute atomic E-state index is 0.0186. The number of hydrogen-bond acceptors (Lipinski definition) is 8. The molecular weight excluding hydrogens is 821 g/mol. The van der Waals surface area contributed by atoms with Gasteiger partial charge in [0.15, 0.2) is 0 Å². The maximum absolute atomic E-state index is 13.5. The Bertz CT molecular complexity index is 1560. The summed E-state index contributed by atoms with van der Waals surface area (Å²) >= 11 is 0. The number of nitrogens with zero attached hydrogens (tertiary/aromatic N) is 1. The van der Waals surface area contributed by atoms with E-state index in [1.807, 2.05) is 48.5 Å². The van der Waals surface area contributed by atoms with Gasteiger partial charge in [-0.05, 0) is 41.5 Å². The number of unbranched alkanes of at least 4 members (excludes halogenated alkanes) is 26. The van der Waals surface area contributed by atoms with Crippen molar-refractivity contribution < 1.29 is 43.3 Å². The minimum Gasteiger partial charge on any atom is -0.480 e. The number of nitrogens with one attached hydrogen (secondary N) is 1. The molecule has 364 valence electrons. The molecule has 0 aromatic heterocycles. The van der Waals surface area contributed by atoms with Crippen LogP contribution in [0.5, 0.6) is 0 Å². The lowest BCUT2D eigenvalue weighted by atomic mass is 9.98. The van der Waals surface area contributed by atoms with Gasteiger partial charge in [0.1, 0.15) is 12.6 Å². The summed E-state index contributed by atoms with van der Waals surface area (Å²) in [6.45, 7) is 4.54. The van der Waals surface area contributed by atoms with Crippen LogP contribution in [0.15, 0.2) is 48.5 Å². The maximum Gasteiger partial charge on any atom is 0.426 e. The number of alkyl carbamates (subject to hydrolysis) is 1. The monoisotopic (exact) mass is 905 g/mol. The molecule has 0 fully saturated rings. The number of imide groups is 3. The van der Waals surface area contributed by atoms with Crippen LogP contribution in [-0.2, 0) is 23.8 Å². The first-order chi connectivity index (χ1) is 31.8. The Morgan fingerprint density at radius 1 is 0.523 bits per heavy atom. The lowest BCUT2D eigenvalue weighted by Crippen LogP contribution is -2.45. The number of amides is 4. The molecule has 0 heterocycles. The van der Waals surface area contributed by atoms with Gasteiger partial charge in [0.25, 0.3) is 0 Å². The smallest absolute Gasteiger partial charge is 0.426 e. The summed E-state index contributed by atoms with van der Waals surface area (Å²) in [7, 11) is 0. The first kappa shape index (κ1) is 54.9. The quantitative estimate of drug-likeness (QED) is 0.0499. The van der Waals surface area contributed by atoms with Gasteiger partial charge in [0.05, 0.1) is 13.2 Å². The third-order valence-corrected chi connectivity index (χ3v) is 12.6. The largest absolute Gasteiger partial charge is 0.480 e. The summed E-state index contributed by atoms with van der Waals surface area (Å²) < 4.78 is 16.3. The topological polar surface area (TPSA) is 149 Å². The maximum atomic E-state index is 13.5. The number of aliphatic carboxylic acids is 1. The van der Waals surface area contributed by atoms with Crippen LogP contribution in [-0.4, -0.2) is 66.0 Å². The van der Waals surface area contributed by atoms with E-state index in [-0.39, 0.29) is 25.7 Å². The number of carbonyl (C=O) groups is 5. The van der Waals surface area contributed by atoms with Gasteiger partial charge in [-0.15, -0.1) is 4.90 Å². The number of carboxylic acids is 1. The molecule has 0 unspecified atom stereocenters. The lowest BCUT2D eigenvalue weighted by Gasteiger charge is -2.20. The standard InChI is InChI=1S/C54H84N2O9/c1-3-5-7-9-11-13-15-17-19-21-23-25-27-33-41-63-53(61)56(54(62)64-42-34-28-26-24-22-20-18-16-14-12-10-8-6-4-2)50(57)40-39-49(51(58)59)55-52(60)65-43-48-46-37-31-29-35-44(46)45-36-30-32-38-47(45)48/h29-32,35-38,48-49H,3-28,33-34,39-43H2,1-2H3,(H,55,60)(H,58,59)/t49-/m1/s1. The Kier molecular flexibility index (Phi) is 29.5. The Hall–Kier alpha value is -4.41. The molecular formula is C54H84N2O9. The second-order valence-electron chi connectivity index (χ2n) is 18.0. The molecule has 0 aliphatic heterocycles. The van der Waals surface area contributed by atoms with Crippen molar-refractivity contribution in [3.05, 3.63) is 59.7 Å². The molecule has 0 radical (unpaired) electrons. The molecule has 2 N–H and O–H groups in total. The molecule has 1 atom stereocenters. The average Bonchev–Trinajstić information content (AvgIpc) is 3.62. The van der Waals surface area contributed by atoms with E-state index in [9.17, 15) is 29.1 Å². The molecule has 3 rings (SSSR count). The van der Waals surface area contributed by atoms with Crippen molar-refractivity contribution in [1.82, 2.24) is 10.2 Å². The zero-order chi connectivity index (χ0) is 46.7. The molecule has 2 aromatic rings. The van der Waals surface area contributed by atoms with Crippen LogP contribution in [0.1, 0.15) is 224 Å². The van der Waals surface area contributed by atoms with Crippen molar-refractivity contribution in [2.45, 2.75) is 218 Å². The van der Waals surface area contributed by atoms with Gasteiger partial charge >= 0.3 is 24.2 Å². The predicted octanol–water partition coefficient (Wildman–Crippen LogP) is 14.8. The fraction of sp³-hybridized carbons (Fsp3) is 0.685. The summed E-state index contributed by atoms with van der Waals surface area (Å²) in [6, 6.07) is 14.2. The zero-order valence-corrected chi connectivity index (χ0v) is 40.3. The van der Waals surface area contributed by atoms with E-state index in [1.165, 1.54) is 128 Å². The third kappa shape index (κ3) is 22.6. The average molecular weight is 905 g/mol. The predicted molar refractivity (Wildman–Crippen MR) is 259 cm³/mol. The molecule has 0 saturated heterocycles. The van der Waals surface area contributed by atoms with E-state index in [2.05, 4.69) is 19.2 Å². The molecule has 0 spiro atoms. The van der Waals surface area contributed by atoms with E-state index < -0.39 is 49.0 Å². The first-order valence-corrected chi connectivity index (χ1v) is 25.8. The first-order valence-electron chi connectivity index (χ1n) is 25.8. The van der Waals surface area contributed by atoms with Crippen molar-refractivity contribution in [2.75, 3.05) is 19.8 Å². The van der Waals surface area contributed by atoms with Gasteiger partial charge in [-0.1, -0.05) is 229 Å². The molecule has 11 nitrogen and oxygen atoms in total. The highest BCUT2D eigenvalue weighted by atomic mass is 16.6. The SMILES string of the molecule is CCCCCCCCCCCCCCCCOC(=O)N(C(=O)CC[C@@H](NC(=O)OCC1c2ccccc2-c2ccccc21)C(=O)O)C(=O)OCCCCCCCCCCCCCCCC. The molecule has 2 aromatic carbocycles. The van der Waals surface area contributed by atoms with Crippen LogP contribution < -0.4 is 5.32 Å². The van der Waals surface area contributed by atoms with Crippen molar-refractivity contribution in [3.8, 4) is 11.1 Å². The fourth-order valence-corrected chi connectivity index (χ4v) is 8.74. The summed E-state index contributed by atoms with van der Waals surface area (Å²) in [5, 5.41) is 12.3.